The Morgan fingerprint density at radius 3 is 2.27 bits per heavy atom. The highest BCUT2D eigenvalue weighted by Gasteiger charge is 2.43. The van der Waals surface area contributed by atoms with E-state index in [9.17, 15) is 18.3 Å². The van der Waals surface area contributed by atoms with Gasteiger partial charge >= 0.3 is 5.97 Å². The molecular formula is C28H31Cl2N5O5S. The Hall–Kier alpha value is -3.38. The molecule has 218 valence electrons. The second-order valence-electron chi connectivity index (χ2n) is 10.8. The van der Waals surface area contributed by atoms with E-state index in [0.29, 0.717) is 23.7 Å². The van der Waals surface area contributed by atoms with E-state index < -0.39 is 27.4 Å². The van der Waals surface area contributed by atoms with Gasteiger partial charge in [0.2, 0.25) is 5.88 Å². The largest absolute Gasteiger partial charge is 0.480 e. The Bertz CT molecular complexity index is 1650. The zero-order chi connectivity index (χ0) is 30.1. The van der Waals surface area contributed by atoms with Gasteiger partial charge in [0.15, 0.2) is 5.82 Å². The molecule has 1 atom stereocenters. The maximum Gasteiger partial charge on any atom is 0.328 e. The summed E-state index contributed by atoms with van der Waals surface area (Å²) < 4.78 is 36.4. The van der Waals surface area contributed by atoms with Gasteiger partial charge in [0.25, 0.3) is 10.0 Å². The Labute approximate surface area is 249 Å². The number of carboxylic acid groups (broad SMARTS) is 1. The van der Waals surface area contributed by atoms with Crippen molar-refractivity contribution in [3.63, 3.8) is 0 Å². The summed E-state index contributed by atoms with van der Waals surface area (Å²) in [4.78, 5) is 14.3. The number of likely N-dealkylation sites (N-methyl/N-ethyl adjacent to an activating group) is 1. The number of nitrogens with zero attached hydrogens (tertiary/aromatic N) is 5. The van der Waals surface area contributed by atoms with E-state index in [4.69, 9.17) is 27.9 Å². The molecule has 13 heteroatoms. The normalized spacial score (nSPS) is 13.0. The Kier molecular flexibility index (Phi) is 8.84. The predicted octanol–water partition coefficient (Wildman–Crippen LogP) is 5.36. The van der Waals surface area contributed by atoms with E-state index >= 15 is 0 Å². The van der Waals surface area contributed by atoms with Gasteiger partial charge in [0, 0.05) is 34.2 Å². The molecule has 0 saturated heterocycles. The minimum absolute atomic E-state index is 0.112. The van der Waals surface area contributed by atoms with Gasteiger partial charge in [0.1, 0.15) is 12.6 Å². The van der Waals surface area contributed by atoms with Crippen molar-refractivity contribution in [2.75, 3.05) is 31.6 Å². The average molecular weight is 621 g/mol. The molecule has 2 heterocycles. The number of hydrogen-bond acceptors (Lipinski definition) is 7. The number of carbonyl (C=O) groups is 1. The standard InChI is InChI=1S/C28H31Cl2N5O5S/c1-28(2,3)26(27(36)37)35(41(38,39)22-16-19(29)15-20(30)17-22)21-6-7-23-18(14-21)10-11-34(23)24-8-9-25(32-31-24)40-13-12-33(4)5/h6-11,14-17,26H,12-13H2,1-5H3,(H,36,37). The maximum atomic E-state index is 14.0. The van der Waals surface area contributed by atoms with Gasteiger partial charge in [0.05, 0.1) is 16.1 Å². The lowest BCUT2D eigenvalue weighted by Crippen LogP contribution is -2.52. The van der Waals surface area contributed by atoms with Gasteiger partial charge in [-0.1, -0.05) is 44.0 Å². The fourth-order valence-electron chi connectivity index (χ4n) is 4.36. The number of fused-ring (bicyclic) bond motifs is 1. The third kappa shape index (κ3) is 6.75. The van der Waals surface area contributed by atoms with Crippen molar-refractivity contribution in [3.8, 4) is 11.7 Å². The molecule has 4 rings (SSSR count). The quantitative estimate of drug-likeness (QED) is 0.252. The van der Waals surface area contributed by atoms with E-state index in [2.05, 4.69) is 10.2 Å². The Balaban J connectivity index is 1.77. The lowest BCUT2D eigenvalue weighted by Gasteiger charge is -2.37. The van der Waals surface area contributed by atoms with Crippen LogP contribution in [0.15, 0.2) is 65.7 Å². The van der Waals surface area contributed by atoms with Gasteiger partial charge in [-0.15, -0.1) is 10.2 Å². The number of sulfonamides is 1. The minimum Gasteiger partial charge on any atom is -0.480 e. The molecular weight excluding hydrogens is 589 g/mol. The van der Waals surface area contributed by atoms with E-state index in [-0.39, 0.29) is 20.6 Å². The molecule has 41 heavy (non-hydrogen) atoms. The number of aromatic nitrogens is 3. The molecule has 0 aliphatic rings. The summed E-state index contributed by atoms with van der Waals surface area (Å²) >= 11 is 12.2. The van der Waals surface area contributed by atoms with Crippen molar-refractivity contribution in [1.29, 1.82) is 0 Å². The molecule has 0 aliphatic carbocycles. The van der Waals surface area contributed by atoms with Crippen LogP contribution in [0.3, 0.4) is 0 Å². The minimum atomic E-state index is -4.42. The molecule has 2 aromatic heterocycles. The van der Waals surface area contributed by atoms with E-state index in [1.54, 1.807) is 67.9 Å². The number of rotatable bonds is 10. The number of carboxylic acids is 1. The highest BCUT2D eigenvalue weighted by molar-refractivity contribution is 7.93. The first-order valence-corrected chi connectivity index (χ1v) is 14.8. The third-order valence-corrected chi connectivity index (χ3v) is 8.48. The smallest absolute Gasteiger partial charge is 0.328 e. The van der Waals surface area contributed by atoms with Crippen LogP contribution in [0.4, 0.5) is 5.69 Å². The van der Waals surface area contributed by atoms with Gasteiger partial charge in [-0.25, -0.2) is 13.2 Å². The second kappa shape index (κ2) is 11.8. The van der Waals surface area contributed by atoms with Crippen molar-refractivity contribution >= 4 is 55.8 Å². The highest BCUT2D eigenvalue weighted by Crippen LogP contribution is 2.37. The second-order valence-corrected chi connectivity index (χ2v) is 13.5. The molecule has 2 aromatic carbocycles. The summed E-state index contributed by atoms with van der Waals surface area (Å²) in [5.41, 5.74) is -0.0896. The summed E-state index contributed by atoms with van der Waals surface area (Å²) in [5, 5.41) is 19.5. The Morgan fingerprint density at radius 1 is 1.02 bits per heavy atom. The van der Waals surface area contributed by atoms with Crippen LogP contribution in [-0.2, 0) is 14.8 Å². The first-order valence-electron chi connectivity index (χ1n) is 12.6. The molecule has 1 N–H and O–H groups in total. The van der Waals surface area contributed by atoms with Crippen LogP contribution in [0.5, 0.6) is 5.88 Å². The summed E-state index contributed by atoms with van der Waals surface area (Å²) in [7, 11) is -0.518. The highest BCUT2D eigenvalue weighted by atomic mass is 35.5. The summed E-state index contributed by atoms with van der Waals surface area (Å²) in [5.74, 6) is -0.364. The van der Waals surface area contributed by atoms with E-state index in [0.717, 1.165) is 16.4 Å². The van der Waals surface area contributed by atoms with Crippen LogP contribution in [0.2, 0.25) is 10.0 Å². The van der Waals surface area contributed by atoms with Crippen LogP contribution in [0.25, 0.3) is 16.7 Å². The van der Waals surface area contributed by atoms with Crippen LogP contribution >= 0.6 is 23.2 Å². The lowest BCUT2D eigenvalue weighted by atomic mass is 9.86. The number of halogens is 2. The monoisotopic (exact) mass is 619 g/mol. The predicted molar refractivity (Wildman–Crippen MR) is 160 cm³/mol. The van der Waals surface area contributed by atoms with Crippen molar-refractivity contribution in [2.45, 2.75) is 31.7 Å². The van der Waals surface area contributed by atoms with Crippen LogP contribution in [-0.4, -0.2) is 72.4 Å². The van der Waals surface area contributed by atoms with Crippen LogP contribution < -0.4 is 9.04 Å². The number of benzene rings is 2. The average Bonchev–Trinajstić information content (AvgIpc) is 3.29. The number of anilines is 1. The topological polar surface area (TPSA) is 118 Å². The van der Waals surface area contributed by atoms with Crippen molar-refractivity contribution in [1.82, 2.24) is 19.7 Å². The van der Waals surface area contributed by atoms with Gasteiger partial charge in [-0.3, -0.25) is 8.87 Å². The molecule has 0 fully saturated rings. The van der Waals surface area contributed by atoms with Gasteiger partial charge < -0.3 is 14.7 Å². The third-order valence-electron chi connectivity index (χ3n) is 6.27. The summed E-state index contributed by atoms with van der Waals surface area (Å²) in [6.07, 6.45) is 1.78. The molecule has 0 radical (unpaired) electrons. The van der Waals surface area contributed by atoms with Crippen LogP contribution in [0, 0.1) is 5.41 Å². The van der Waals surface area contributed by atoms with Crippen molar-refractivity contribution in [3.05, 3.63) is 70.8 Å². The molecule has 4 aromatic rings. The molecule has 0 bridgehead atoms. The molecule has 0 saturated carbocycles. The SMILES string of the molecule is CN(C)CCOc1ccc(-n2ccc3cc(N(C(C(=O)O)C(C)(C)C)S(=O)(=O)c4cc(Cl)cc(Cl)c4)ccc32)nn1. The maximum absolute atomic E-state index is 14.0. The van der Waals surface area contributed by atoms with E-state index in [1.165, 1.54) is 18.2 Å². The number of hydrogen-bond donors (Lipinski definition) is 1. The lowest BCUT2D eigenvalue weighted by molar-refractivity contribution is -0.140. The van der Waals surface area contributed by atoms with Crippen molar-refractivity contribution in [2.24, 2.45) is 5.41 Å². The first-order chi connectivity index (χ1) is 19.2. The number of aliphatic carboxylic acids is 1. The van der Waals surface area contributed by atoms with E-state index in [1.807, 2.05) is 19.0 Å². The van der Waals surface area contributed by atoms with Crippen LogP contribution in [0.1, 0.15) is 20.8 Å². The molecule has 0 amide bonds. The van der Waals surface area contributed by atoms with Crippen molar-refractivity contribution < 1.29 is 23.1 Å². The zero-order valence-corrected chi connectivity index (χ0v) is 25.6. The molecule has 0 aliphatic heterocycles. The van der Waals surface area contributed by atoms with Gasteiger partial charge in [-0.05, 0) is 68.0 Å². The molecule has 1 unspecified atom stereocenters. The Morgan fingerprint density at radius 2 is 1.71 bits per heavy atom. The fourth-order valence-corrected chi connectivity index (χ4v) is 6.87. The first kappa shape index (κ1) is 30.6. The summed E-state index contributed by atoms with van der Waals surface area (Å²) in [6.45, 7) is 6.22. The number of ether oxygens (including phenoxy) is 1. The summed E-state index contributed by atoms with van der Waals surface area (Å²) in [6, 6.07) is 12.6. The van der Waals surface area contributed by atoms with Gasteiger partial charge in [-0.2, -0.15) is 0 Å². The molecule has 0 spiro atoms. The molecule has 10 nitrogen and oxygen atoms in total. The fraction of sp³-hybridized carbons (Fsp3) is 0.321. The zero-order valence-electron chi connectivity index (χ0n) is 23.2.